The quantitative estimate of drug-likeness (QED) is 0.819. The van der Waals surface area contributed by atoms with Crippen molar-refractivity contribution in [2.24, 2.45) is 5.73 Å². The summed E-state index contributed by atoms with van der Waals surface area (Å²) in [6.07, 6.45) is 3.55. The maximum atomic E-state index is 12.1. The highest BCUT2D eigenvalue weighted by atomic mass is 16.2. The van der Waals surface area contributed by atoms with E-state index in [9.17, 15) is 4.79 Å². The van der Waals surface area contributed by atoms with E-state index in [4.69, 9.17) is 5.73 Å². The minimum absolute atomic E-state index is 0.172. The molecule has 18 heavy (non-hydrogen) atoms. The van der Waals surface area contributed by atoms with E-state index in [0.29, 0.717) is 19.6 Å². The summed E-state index contributed by atoms with van der Waals surface area (Å²) in [5.74, 6) is 0.172. The van der Waals surface area contributed by atoms with Gasteiger partial charge in [-0.1, -0.05) is 6.07 Å². The Morgan fingerprint density at radius 1 is 1.50 bits per heavy atom. The zero-order chi connectivity index (χ0) is 13.0. The Balaban J connectivity index is 1.92. The smallest absolute Gasteiger partial charge is 0.237 e. The molecule has 1 amide bonds. The molecule has 2 N–H and O–H groups in total. The number of rotatable bonds is 4. The molecule has 1 aliphatic rings. The maximum Gasteiger partial charge on any atom is 0.237 e. The molecule has 0 saturated carbocycles. The van der Waals surface area contributed by atoms with Crippen LogP contribution in [0.5, 0.6) is 0 Å². The van der Waals surface area contributed by atoms with Crippen LogP contribution in [0.1, 0.15) is 12.5 Å². The average Bonchev–Trinajstić information content (AvgIpc) is 2.41. The van der Waals surface area contributed by atoms with E-state index >= 15 is 0 Å². The average molecular weight is 248 g/mol. The Bertz CT molecular complexity index is 395. The van der Waals surface area contributed by atoms with Crippen molar-refractivity contribution in [1.29, 1.82) is 0 Å². The lowest BCUT2D eigenvalue weighted by molar-refractivity contribution is -0.137. The van der Waals surface area contributed by atoms with E-state index in [0.717, 1.165) is 18.7 Å². The minimum atomic E-state index is 0.172. The van der Waals surface area contributed by atoms with Gasteiger partial charge in [0.1, 0.15) is 0 Å². The monoisotopic (exact) mass is 248 g/mol. The Morgan fingerprint density at radius 3 is 2.94 bits per heavy atom. The van der Waals surface area contributed by atoms with E-state index in [1.54, 1.807) is 6.20 Å². The molecule has 1 unspecified atom stereocenters. The van der Waals surface area contributed by atoms with Crippen LogP contribution in [0.15, 0.2) is 24.5 Å². The summed E-state index contributed by atoms with van der Waals surface area (Å²) in [6, 6.07) is 4.16. The van der Waals surface area contributed by atoms with Gasteiger partial charge in [0.15, 0.2) is 0 Å². The van der Waals surface area contributed by atoms with Crippen LogP contribution in [0.4, 0.5) is 0 Å². The van der Waals surface area contributed by atoms with Crippen molar-refractivity contribution in [2.45, 2.75) is 19.5 Å². The van der Waals surface area contributed by atoms with Crippen molar-refractivity contribution >= 4 is 5.91 Å². The number of amides is 1. The molecule has 0 bridgehead atoms. The second-order valence-electron chi connectivity index (χ2n) is 4.73. The number of nitrogens with zero attached hydrogens (tertiary/aromatic N) is 3. The van der Waals surface area contributed by atoms with Crippen LogP contribution in [-0.2, 0) is 11.3 Å². The molecule has 1 aromatic rings. The largest absolute Gasteiger partial charge is 0.336 e. The van der Waals surface area contributed by atoms with Crippen LogP contribution in [-0.4, -0.2) is 52.9 Å². The second-order valence-corrected chi connectivity index (χ2v) is 4.73. The third kappa shape index (κ3) is 3.05. The first kappa shape index (κ1) is 13.0. The van der Waals surface area contributed by atoms with E-state index in [-0.39, 0.29) is 11.9 Å². The van der Waals surface area contributed by atoms with Crippen molar-refractivity contribution in [3.05, 3.63) is 30.1 Å². The van der Waals surface area contributed by atoms with Crippen LogP contribution in [0.2, 0.25) is 0 Å². The van der Waals surface area contributed by atoms with Crippen molar-refractivity contribution in [1.82, 2.24) is 14.8 Å². The minimum Gasteiger partial charge on any atom is -0.336 e. The topological polar surface area (TPSA) is 62.5 Å². The molecular weight excluding hydrogens is 228 g/mol. The number of aromatic nitrogens is 1. The van der Waals surface area contributed by atoms with Crippen molar-refractivity contribution < 1.29 is 4.79 Å². The van der Waals surface area contributed by atoms with E-state index in [2.05, 4.69) is 16.8 Å². The van der Waals surface area contributed by atoms with E-state index < -0.39 is 0 Å². The number of nitrogens with two attached hydrogens (primary N) is 1. The molecule has 1 saturated heterocycles. The van der Waals surface area contributed by atoms with Gasteiger partial charge in [0.25, 0.3) is 0 Å². The first-order valence-electron chi connectivity index (χ1n) is 6.31. The summed E-state index contributed by atoms with van der Waals surface area (Å²) >= 11 is 0. The molecule has 98 valence electrons. The van der Waals surface area contributed by atoms with Crippen molar-refractivity contribution in [3.63, 3.8) is 0 Å². The molecule has 0 aromatic carbocycles. The third-order valence-electron chi connectivity index (χ3n) is 3.41. The summed E-state index contributed by atoms with van der Waals surface area (Å²) in [7, 11) is 0. The fourth-order valence-electron chi connectivity index (χ4n) is 2.13. The van der Waals surface area contributed by atoms with Crippen LogP contribution in [0, 0.1) is 0 Å². The van der Waals surface area contributed by atoms with Gasteiger partial charge >= 0.3 is 0 Å². The van der Waals surface area contributed by atoms with Gasteiger partial charge in [0, 0.05) is 44.6 Å². The number of hydrogen-bond donors (Lipinski definition) is 1. The van der Waals surface area contributed by atoms with Gasteiger partial charge in [-0.3, -0.25) is 14.7 Å². The van der Waals surface area contributed by atoms with Gasteiger partial charge in [0.2, 0.25) is 5.91 Å². The number of hydrogen-bond acceptors (Lipinski definition) is 4. The first-order valence-corrected chi connectivity index (χ1v) is 6.31. The molecule has 1 aromatic heterocycles. The number of carbonyl (C=O) groups is 1. The Hall–Kier alpha value is -1.46. The SMILES string of the molecule is CC(CN)N1CCN(Cc2cccnc2)C(=O)C1. The van der Waals surface area contributed by atoms with E-state index in [1.807, 2.05) is 23.2 Å². The molecule has 5 heteroatoms. The molecule has 1 aliphatic heterocycles. The van der Waals surface area contributed by atoms with Gasteiger partial charge in [-0.05, 0) is 18.6 Å². The molecule has 0 spiro atoms. The molecule has 1 fully saturated rings. The fourth-order valence-corrected chi connectivity index (χ4v) is 2.13. The van der Waals surface area contributed by atoms with Gasteiger partial charge in [-0.2, -0.15) is 0 Å². The summed E-state index contributed by atoms with van der Waals surface area (Å²) < 4.78 is 0. The predicted octanol–water partition coefficient (Wildman–Crippen LogP) is 0.0730. The summed E-state index contributed by atoms with van der Waals surface area (Å²) in [6.45, 7) is 5.43. The van der Waals surface area contributed by atoms with Crippen LogP contribution >= 0.6 is 0 Å². The van der Waals surface area contributed by atoms with Crippen molar-refractivity contribution in [3.8, 4) is 0 Å². The number of carbonyl (C=O) groups excluding carboxylic acids is 1. The second kappa shape index (κ2) is 5.93. The Kier molecular flexibility index (Phi) is 4.28. The number of pyridine rings is 1. The predicted molar refractivity (Wildman–Crippen MR) is 69.7 cm³/mol. The molecule has 2 rings (SSSR count). The highest BCUT2D eigenvalue weighted by Crippen LogP contribution is 2.10. The van der Waals surface area contributed by atoms with Gasteiger partial charge in [-0.25, -0.2) is 0 Å². The first-order chi connectivity index (χ1) is 8.70. The van der Waals surface area contributed by atoms with Gasteiger partial charge in [-0.15, -0.1) is 0 Å². The zero-order valence-corrected chi connectivity index (χ0v) is 10.7. The normalized spacial score (nSPS) is 19.0. The maximum absolute atomic E-state index is 12.1. The molecule has 5 nitrogen and oxygen atoms in total. The summed E-state index contributed by atoms with van der Waals surface area (Å²) in [4.78, 5) is 20.1. The van der Waals surface area contributed by atoms with Crippen molar-refractivity contribution in [2.75, 3.05) is 26.2 Å². The molecule has 0 aliphatic carbocycles. The van der Waals surface area contributed by atoms with Gasteiger partial charge < -0.3 is 10.6 Å². The van der Waals surface area contributed by atoms with Crippen LogP contribution < -0.4 is 5.73 Å². The lowest BCUT2D eigenvalue weighted by Crippen LogP contribution is -2.54. The third-order valence-corrected chi connectivity index (χ3v) is 3.41. The molecule has 1 atom stereocenters. The van der Waals surface area contributed by atoms with Gasteiger partial charge in [0.05, 0.1) is 6.54 Å². The van der Waals surface area contributed by atoms with E-state index in [1.165, 1.54) is 0 Å². The summed E-state index contributed by atoms with van der Waals surface area (Å²) in [5, 5.41) is 0. The molecule has 2 heterocycles. The lowest BCUT2D eigenvalue weighted by atomic mass is 10.2. The standard InChI is InChI=1S/C13H20N4O/c1-11(7-14)16-5-6-17(13(18)10-16)9-12-3-2-4-15-8-12/h2-4,8,11H,5-7,9-10,14H2,1H3. The molecular formula is C13H20N4O. The van der Waals surface area contributed by atoms with Crippen LogP contribution in [0.3, 0.4) is 0 Å². The van der Waals surface area contributed by atoms with Crippen LogP contribution in [0.25, 0.3) is 0 Å². The highest BCUT2D eigenvalue weighted by Gasteiger charge is 2.26. The fraction of sp³-hybridized carbons (Fsp3) is 0.538. The highest BCUT2D eigenvalue weighted by molar-refractivity contribution is 5.79. The molecule has 0 radical (unpaired) electrons. The lowest BCUT2D eigenvalue weighted by Gasteiger charge is -2.37. The Morgan fingerprint density at radius 2 is 2.33 bits per heavy atom. The Labute approximate surface area is 108 Å². The zero-order valence-electron chi connectivity index (χ0n) is 10.7. The summed E-state index contributed by atoms with van der Waals surface area (Å²) in [5.41, 5.74) is 6.71. The number of piperazine rings is 1.